The smallest absolute Gasteiger partial charge is 0.416 e. The van der Waals surface area contributed by atoms with Crippen molar-refractivity contribution in [2.24, 2.45) is 0 Å². The van der Waals surface area contributed by atoms with Gasteiger partial charge in [0.25, 0.3) is 0 Å². The van der Waals surface area contributed by atoms with Crippen molar-refractivity contribution in [1.29, 1.82) is 0 Å². The van der Waals surface area contributed by atoms with Gasteiger partial charge < -0.3 is 10.1 Å². The van der Waals surface area contributed by atoms with E-state index in [4.69, 9.17) is 4.74 Å². The van der Waals surface area contributed by atoms with Crippen LogP contribution in [0.3, 0.4) is 0 Å². The molecule has 1 saturated heterocycles. The monoisotopic (exact) mass is 458 g/mol. The number of anilines is 4. The topological polar surface area (TPSA) is 126 Å². The van der Waals surface area contributed by atoms with Gasteiger partial charge in [-0.2, -0.15) is 0 Å². The minimum Gasteiger partial charge on any atom is -0.447 e. The highest BCUT2D eigenvalue weighted by Gasteiger charge is 2.30. The first kappa shape index (κ1) is 19.7. The molecule has 31 heavy (non-hydrogen) atoms. The standard InChI is InChI=1S/C19H18N6O4S2/c1-31(27,28)24-13-4-2-3-12(9-13)21-17-20-10-11-5-6-14-16(15(11)23-17)30-18(22-14)25-7-8-29-19(25)26/h2-4,9-10,24H,5-8H2,1H3,(H,20,21,23). The number of fused-ring (bicyclic) bond motifs is 3. The fourth-order valence-corrected chi connectivity index (χ4v) is 5.19. The minimum absolute atomic E-state index is 0.364. The summed E-state index contributed by atoms with van der Waals surface area (Å²) in [6, 6.07) is 6.86. The van der Waals surface area contributed by atoms with Crippen molar-refractivity contribution in [3.05, 3.63) is 41.7 Å². The Bertz CT molecular complexity index is 1290. The molecule has 0 atom stereocenters. The maximum Gasteiger partial charge on any atom is 0.416 e. The maximum absolute atomic E-state index is 11.9. The van der Waals surface area contributed by atoms with Crippen LogP contribution < -0.4 is 14.9 Å². The van der Waals surface area contributed by atoms with Gasteiger partial charge in [0.2, 0.25) is 16.0 Å². The van der Waals surface area contributed by atoms with E-state index in [1.54, 1.807) is 35.4 Å². The highest BCUT2D eigenvalue weighted by atomic mass is 32.2. The van der Waals surface area contributed by atoms with Gasteiger partial charge in [-0.05, 0) is 36.6 Å². The number of hydrogen-bond donors (Lipinski definition) is 2. The fourth-order valence-electron chi connectivity index (χ4n) is 3.48. The predicted octanol–water partition coefficient (Wildman–Crippen LogP) is 2.77. The van der Waals surface area contributed by atoms with Crippen LogP contribution in [0.2, 0.25) is 0 Å². The third-order valence-electron chi connectivity index (χ3n) is 4.81. The van der Waals surface area contributed by atoms with Crippen molar-refractivity contribution in [1.82, 2.24) is 15.0 Å². The molecule has 12 heteroatoms. The zero-order valence-electron chi connectivity index (χ0n) is 16.5. The number of thiazole rings is 1. The lowest BCUT2D eigenvalue weighted by molar-refractivity contribution is 0.181. The molecule has 0 bridgehead atoms. The number of aryl methyl sites for hydroxylation is 2. The van der Waals surface area contributed by atoms with Crippen LogP contribution in [0.1, 0.15) is 11.3 Å². The second-order valence-corrected chi connectivity index (χ2v) is 9.91. The number of benzene rings is 1. The number of carbonyl (C=O) groups excluding carboxylic acids is 1. The van der Waals surface area contributed by atoms with Crippen LogP contribution in [0.5, 0.6) is 0 Å². The SMILES string of the molecule is CS(=O)(=O)Nc1cccc(Nc2ncc3c(n2)-c2sc(N4CCOC4=O)nc2CC3)c1. The van der Waals surface area contributed by atoms with Crippen molar-refractivity contribution in [2.75, 3.05) is 34.3 Å². The molecule has 3 aromatic rings. The average Bonchev–Trinajstić information content (AvgIpc) is 3.32. The van der Waals surface area contributed by atoms with Gasteiger partial charge in [0.1, 0.15) is 6.61 Å². The van der Waals surface area contributed by atoms with Crippen LogP contribution in [-0.2, 0) is 27.6 Å². The molecule has 1 aromatic carbocycles. The highest BCUT2D eigenvalue weighted by Crippen LogP contribution is 2.40. The van der Waals surface area contributed by atoms with E-state index < -0.39 is 10.0 Å². The van der Waals surface area contributed by atoms with Gasteiger partial charge >= 0.3 is 6.09 Å². The largest absolute Gasteiger partial charge is 0.447 e. The number of carbonyl (C=O) groups is 1. The summed E-state index contributed by atoms with van der Waals surface area (Å²) in [5, 5.41) is 3.74. The molecule has 5 rings (SSSR count). The molecular formula is C19H18N6O4S2. The molecular weight excluding hydrogens is 440 g/mol. The number of aromatic nitrogens is 3. The number of nitrogens with zero attached hydrogens (tertiary/aromatic N) is 4. The third-order valence-corrected chi connectivity index (χ3v) is 6.54. The lowest BCUT2D eigenvalue weighted by Gasteiger charge is -2.15. The van der Waals surface area contributed by atoms with Crippen LogP contribution in [0.15, 0.2) is 30.5 Å². The number of nitrogens with one attached hydrogen (secondary N) is 2. The van der Waals surface area contributed by atoms with Crippen LogP contribution in [0.4, 0.5) is 27.2 Å². The first-order chi connectivity index (χ1) is 14.9. The van der Waals surface area contributed by atoms with Crippen LogP contribution in [0.25, 0.3) is 10.6 Å². The van der Waals surface area contributed by atoms with Crippen molar-refractivity contribution >= 4 is 49.9 Å². The van der Waals surface area contributed by atoms with Gasteiger partial charge in [-0.1, -0.05) is 17.4 Å². The number of cyclic esters (lactones) is 1. The summed E-state index contributed by atoms with van der Waals surface area (Å²) in [6.45, 7) is 0.857. The van der Waals surface area contributed by atoms with E-state index in [1.165, 1.54) is 11.3 Å². The molecule has 1 fully saturated rings. The molecule has 2 aromatic heterocycles. The van der Waals surface area contributed by atoms with Gasteiger partial charge in [-0.15, -0.1) is 0 Å². The second-order valence-electron chi connectivity index (χ2n) is 7.19. The Balaban J connectivity index is 1.44. The van der Waals surface area contributed by atoms with Crippen molar-refractivity contribution in [2.45, 2.75) is 12.8 Å². The van der Waals surface area contributed by atoms with E-state index in [1.807, 2.05) is 0 Å². The molecule has 1 amide bonds. The lowest BCUT2D eigenvalue weighted by Crippen LogP contribution is -2.23. The van der Waals surface area contributed by atoms with Crippen LogP contribution in [-0.4, -0.2) is 48.9 Å². The molecule has 0 saturated carbocycles. The molecule has 1 aliphatic carbocycles. The molecule has 2 aliphatic rings. The summed E-state index contributed by atoms with van der Waals surface area (Å²) < 4.78 is 30.4. The van der Waals surface area contributed by atoms with Gasteiger partial charge in [-0.3, -0.25) is 4.72 Å². The molecule has 1 aliphatic heterocycles. The van der Waals surface area contributed by atoms with E-state index in [-0.39, 0.29) is 6.09 Å². The zero-order chi connectivity index (χ0) is 21.6. The summed E-state index contributed by atoms with van der Waals surface area (Å²) in [6.07, 6.45) is 4.04. The molecule has 0 spiro atoms. The Morgan fingerprint density at radius 3 is 2.81 bits per heavy atom. The average molecular weight is 459 g/mol. The normalized spacial score (nSPS) is 15.3. The van der Waals surface area contributed by atoms with Crippen LogP contribution >= 0.6 is 11.3 Å². The van der Waals surface area contributed by atoms with Gasteiger partial charge in [0.05, 0.1) is 34.8 Å². The zero-order valence-corrected chi connectivity index (χ0v) is 18.1. The molecule has 10 nitrogen and oxygen atoms in total. The number of sulfonamides is 1. The summed E-state index contributed by atoms with van der Waals surface area (Å²) in [4.78, 5) is 28.1. The third kappa shape index (κ3) is 4.03. The number of rotatable bonds is 5. The first-order valence-electron chi connectivity index (χ1n) is 9.51. The molecule has 160 valence electrons. The summed E-state index contributed by atoms with van der Waals surface area (Å²) in [7, 11) is -3.37. The highest BCUT2D eigenvalue weighted by molar-refractivity contribution is 7.92. The van der Waals surface area contributed by atoms with E-state index >= 15 is 0 Å². The van der Waals surface area contributed by atoms with Crippen molar-refractivity contribution in [3.8, 4) is 10.6 Å². The Labute approximate surface area is 182 Å². The summed E-state index contributed by atoms with van der Waals surface area (Å²) in [5.74, 6) is 0.388. The Kier molecular flexibility index (Phi) is 4.74. The van der Waals surface area contributed by atoms with Crippen molar-refractivity contribution < 1.29 is 17.9 Å². The number of hydrogen-bond acceptors (Lipinski definition) is 9. The Morgan fingerprint density at radius 2 is 2.03 bits per heavy atom. The summed E-state index contributed by atoms with van der Waals surface area (Å²) >= 11 is 1.42. The quantitative estimate of drug-likeness (QED) is 0.598. The molecule has 3 heterocycles. The van der Waals surface area contributed by atoms with Crippen molar-refractivity contribution in [3.63, 3.8) is 0 Å². The lowest BCUT2D eigenvalue weighted by atomic mass is 10.00. The molecule has 0 radical (unpaired) electrons. The van der Waals surface area contributed by atoms with Crippen LogP contribution in [0, 0.1) is 0 Å². The van der Waals surface area contributed by atoms with E-state index in [9.17, 15) is 13.2 Å². The Morgan fingerprint density at radius 1 is 1.19 bits per heavy atom. The fraction of sp³-hybridized carbons (Fsp3) is 0.263. The van der Waals surface area contributed by atoms with Gasteiger partial charge in [0, 0.05) is 11.9 Å². The maximum atomic E-state index is 11.9. The van der Waals surface area contributed by atoms with E-state index in [0.29, 0.717) is 35.6 Å². The summed E-state index contributed by atoms with van der Waals surface area (Å²) in [5.41, 5.74) is 3.81. The predicted molar refractivity (Wildman–Crippen MR) is 117 cm³/mol. The Hall–Kier alpha value is -3.25. The molecule has 0 unspecified atom stereocenters. The number of ether oxygens (including phenoxy) is 1. The van der Waals surface area contributed by atoms with E-state index in [2.05, 4.69) is 25.0 Å². The first-order valence-corrected chi connectivity index (χ1v) is 12.2. The second kappa shape index (κ2) is 7.46. The minimum atomic E-state index is -3.37. The van der Waals surface area contributed by atoms with E-state index in [0.717, 1.165) is 40.9 Å². The molecule has 2 N–H and O–H groups in total. The van der Waals surface area contributed by atoms with Gasteiger partial charge in [0.15, 0.2) is 5.13 Å². The number of amides is 1. The van der Waals surface area contributed by atoms with Gasteiger partial charge in [-0.25, -0.2) is 33.1 Å².